The van der Waals surface area contributed by atoms with Gasteiger partial charge in [0.1, 0.15) is 0 Å². The Hall–Kier alpha value is -1.78. The normalized spacial score (nSPS) is 16.2. The van der Waals surface area contributed by atoms with Gasteiger partial charge in [-0.2, -0.15) is 0 Å². The third-order valence-corrected chi connectivity index (χ3v) is 4.23. The van der Waals surface area contributed by atoms with Crippen LogP contribution in [0.15, 0.2) is 36.4 Å². The predicted molar refractivity (Wildman–Crippen MR) is 87.0 cm³/mol. The molecule has 0 radical (unpaired) electrons. The summed E-state index contributed by atoms with van der Waals surface area (Å²) in [5.74, 6) is 0. The lowest BCUT2D eigenvalue weighted by molar-refractivity contribution is 0.164. The predicted octanol–water partition coefficient (Wildman–Crippen LogP) is 3.27. The van der Waals surface area contributed by atoms with E-state index in [4.69, 9.17) is 11.6 Å². The highest BCUT2D eigenvalue weighted by atomic mass is 35.5. The smallest absolute Gasteiger partial charge is 0.321 e. The molecule has 2 aromatic carbocycles. The fourth-order valence-corrected chi connectivity index (χ4v) is 2.80. The molecule has 1 saturated heterocycles. The van der Waals surface area contributed by atoms with Crippen LogP contribution in [0.2, 0.25) is 5.02 Å². The number of rotatable bonds is 1. The molecular weight excluding hydrogens is 286 g/mol. The van der Waals surface area contributed by atoms with E-state index in [0.29, 0.717) is 5.02 Å². The van der Waals surface area contributed by atoms with Crippen LogP contribution in [0.25, 0.3) is 10.8 Å². The lowest BCUT2D eigenvalue weighted by atomic mass is 10.1. The van der Waals surface area contributed by atoms with Crippen molar-refractivity contribution in [1.82, 2.24) is 9.80 Å². The zero-order chi connectivity index (χ0) is 14.8. The van der Waals surface area contributed by atoms with E-state index in [9.17, 15) is 4.79 Å². The fraction of sp³-hybridized carbons (Fsp3) is 0.312. The van der Waals surface area contributed by atoms with Gasteiger partial charge in [0.25, 0.3) is 0 Å². The van der Waals surface area contributed by atoms with E-state index < -0.39 is 0 Å². The standard InChI is InChI=1S/C16H18ClN3O/c1-19-8-10-20(11-9-19)16(21)18-15-7-6-14(17)12-4-2-3-5-13(12)15/h2-7H,8-11H2,1H3,(H,18,21). The lowest BCUT2D eigenvalue weighted by Crippen LogP contribution is -2.48. The van der Waals surface area contributed by atoms with E-state index in [1.807, 2.05) is 41.3 Å². The largest absolute Gasteiger partial charge is 0.322 e. The van der Waals surface area contributed by atoms with Gasteiger partial charge in [-0.3, -0.25) is 0 Å². The van der Waals surface area contributed by atoms with Crippen LogP contribution in [0.5, 0.6) is 0 Å². The first-order valence-electron chi connectivity index (χ1n) is 7.07. The summed E-state index contributed by atoms with van der Waals surface area (Å²) in [6, 6.07) is 11.5. The number of hydrogen-bond donors (Lipinski definition) is 1. The first-order chi connectivity index (χ1) is 10.1. The second-order valence-corrected chi connectivity index (χ2v) is 5.77. The number of carbonyl (C=O) groups excluding carboxylic acids is 1. The second kappa shape index (κ2) is 5.92. The van der Waals surface area contributed by atoms with E-state index in [0.717, 1.165) is 42.6 Å². The molecular formula is C16H18ClN3O. The molecule has 110 valence electrons. The van der Waals surface area contributed by atoms with Crippen LogP contribution in [-0.2, 0) is 0 Å². The van der Waals surface area contributed by atoms with Gasteiger partial charge in [-0.05, 0) is 19.2 Å². The quantitative estimate of drug-likeness (QED) is 0.877. The molecule has 2 aromatic rings. The molecule has 0 bridgehead atoms. The molecule has 4 nitrogen and oxygen atoms in total. The minimum absolute atomic E-state index is 0.0458. The van der Waals surface area contributed by atoms with Crippen LogP contribution in [0.1, 0.15) is 0 Å². The summed E-state index contributed by atoms with van der Waals surface area (Å²) >= 11 is 6.20. The molecule has 3 rings (SSSR count). The van der Waals surface area contributed by atoms with Crippen molar-refractivity contribution >= 4 is 34.1 Å². The van der Waals surface area contributed by atoms with Gasteiger partial charge in [0.15, 0.2) is 0 Å². The van der Waals surface area contributed by atoms with Crippen molar-refractivity contribution in [1.29, 1.82) is 0 Å². The molecule has 1 N–H and O–H groups in total. The van der Waals surface area contributed by atoms with E-state index >= 15 is 0 Å². The van der Waals surface area contributed by atoms with Gasteiger partial charge in [-0.1, -0.05) is 35.9 Å². The summed E-state index contributed by atoms with van der Waals surface area (Å²) in [7, 11) is 2.07. The Morgan fingerprint density at radius 3 is 2.43 bits per heavy atom. The molecule has 1 aliphatic rings. The number of amides is 2. The van der Waals surface area contributed by atoms with Gasteiger partial charge in [-0.25, -0.2) is 4.79 Å². The van der Waals surface area contributed by atoms with Crippen LogP contribution >= 0.6 is 11.6 Å². The number of nitrogens with zero attached hydrogens (tertiary/aromatic N) is 2. The third-order valence-electron chi connectivity index (χ3n) is 3.90. The van der Waals surface area contributed by atoms with Crippen molar-refractivity contribution < 1.29 is 4.79 Å². The fourth-order valence-electron chi connectivity index (χ4n) is 2.58. The van der Waals surface area contributed by atoms with E-state index in [1.54, 1.807) is 0 Å². The molecule has 2 amide bonds. The van der Waals surface area contributed by atoms with Crippen LogP contribution in [-0.4, -0.2) is 49.1 Å². The average molecular weight is 304 g/mol. The van der Waals surface area contributed by atoms with E-state index in [2.05, 4.69) is 17.3 Å². The van der Waals surface area contributed by atoms with Gasteiger partial charge in [0, 0.05) is 42.0 Å². The minimum atomic E-state index is -0.0458. The molecule has 5 heteroatoms. The Kier molecular flexibility index (Phi) is 3.99. The second-order valence-electron chi connectivity index (χ2n) is 5.36. The molecule has 1 aliphatic heterocycles. The first-order valence-corrected chi connectivity index (χ1v) is 7.44. The zero-order valence-electron chi connectivity index (χ0n) is 12.0. The third kappa shape index (κ3) is 2.96. The van der Waals surface area contributed by atoms with Crippen molar-refractivity contribution in [3.8, 4) is 0 Å². The molecule has 0 spiro atoms. The van der Waals surface area contributed by atoms with Crippen LogP contribution in [0, 0.1) is 0 Å². The summed E-state index contributed by atoms with van der Waals surface area (Å²) in [6.07, 6.45) is 0. The Morgan fingerprint density at radius 2 is 1.71 bits per heavy atom. The summed E-state index contributed by atoms with van der Waals surface area (Å²) in [5, 5.41) is 5.62. The van der Waals surface area contributed by atoms with Crippen molar-refractivity contribution in [3.63, 3.8) is 0 Å². The topological polar surface area (TPSA) is 35.6 Å². The molecule has 21 heavy (non-hydrogen) atoms. The van der Waals surface area contributed by atoms with Gasteiger partial charge in [-0.15, -0.1) is 0 Å². The number of halogens is 1. The maximum atomic E-state index is 12.4. The zero-order valence-corrected chi connectivity index (χ0v) is 12.7. The Labute approximate surface area is 129 Å². The summed E-state index contributed by atoms with van der Waals surface area (Å²) < 4.78 is 0. The number of likely N-dealkylation sites (N-methyl/N-ethyl adjacent to an activating group) is 1. The number of benzene rings is 2. The maximum absolute atomic E-state index is 12.4. The molecule has 0 unspecified atom stereocenters. The molecule has 0 aromatic heterocycles. The van der Waals surface area contributed by atoms with Crippen LogP contribution < -0.4 is 5.32 Å². The molecule has 1 heterocycles. The Balaban J connectivity index is 1.82. The Morgan fingerprint density at radius 1 is 1.05 bits per heavy atom. The van der Waals surface area contributed by atoms with Gasteiger partial charge < -0.3 is 15.1 Å². The van der Waals surface area contributed by atoms with Crippen LogP contribution in [0.4, 0.5) is 10.5 Å². The van der Waals surface area contributed by atoms with Crippen molar-refractivity contribution in [3.05, 3.63) is 41.4 Å². The average Bonchev–Trinajstić information content (AvgIpc) is 2.51. The Bertz CT molecular complexity index is 666. The van der Waals surface area contributed by atoms with Crippen molar-refractivity contribution in [2.45, 2.75) is 0 Å². The highest BCUT2D eigenvalue weighted by Gasteiger charge is 2.19. The number of nitrogens with one attached hydrogen (secondary N) is 1. The molecule has 0 atom stereocenters. The number of piperazine rings is 1. The summed E-state index contributed by atoms with van der Waals surface area (Å²) in [5.41, 5.74) is 0.805. The molecule has 0 saturated carbocycles. The number of carbonyl (C=O) groups is 1. The van der Waals surface area contributed by atoms with Gasteiger partial charge in [0.05, 0.1) is 5.69 Å². The highest BCUT2D eigenvalue weighted by Crippen LogP contribution is 2.29. The van der Waals surface area contributed by atoms with Gasteiger partial charge >= 0.3 is 6.03 Å². The van der Waals surface area contributed by atoms with Gasteiger partial charge in [0.2, 0.25) is 0 Å². The number of hydrogen-bond acceptors (Lipinski definition) is 2. The number of urea groups is 1. The van der Waals surface area contributed by atoms with Crippen molar-refractivity contribution in [2.24, 2.45) is 0 Å². The maximum Gasteiger partial charge on any atom is 0.321 e. The number of anilines is 1. The van der Waals surface area contributed by atoms with E-state index in [1.165, 1.54) is 0 Å². The van der Waals surface area contributed by atoms with Crippen LogP contribution in [0.3, 0.4) is 0 Å². The lowest BCUT2D eigenvalue weighted by Gasteiger charge is -2.32. The van der Waals surface area contributed by atoms with Crippen molar-refractivity contribution in [2.75, 3.05) is 38.5 Å². The monoisotopic (exact) mass is 303 g/mol. The highest BCUT2D eigenvalue weighted by molar-refractivity contribution is 6.36. The molecule has 1 fully saturated rings. The summed E-state index contributed by atoms with van der Waals surface area (Å²) in [6.45, 7) is 3.34. The first kappa shape index (κ1) is 14.2. The number of fused-ring (bicyclic) bond motifs is 1. The molecule has 0 aliphatic carbocycles. The minimum Gasteiger partial charge on any atom is -0.322 e. The summed E-state index contributed by atoms with van der Waals surface area (Å²) in [4.78, 5) is 16.4. The SMILES string of the molecule is CN1CCN(C(=O)Nc2ccc(Cl)c3ccccc23)CC1. The van der Waals surface area contributed by atoms with E-state index in [-0.39, 0.29) is 6.03 Å².